The van der Waals surface area contributed by atoms with Crippen molar-refractivity contribution in [2.75, 3.05) is 24.6 Å². The third-order valence-electron chi connectivity index (χ3n) is 3.29. The molecule has 0 unspecified atom stereocenters. The Morgan fingerprint density at radius 1 is 1.40 bits per heavy atom. The van der Waals surface area contributed by atoms with Crippen LogP contribution in [0.25, 0.3) is 0 Å². The molecule has 0 aliphatic carbocycles. The van der Waals surface area contributed by atoms with E-state index in [0.29, 0.717) is 30.8 Å². The number of hydrogen-bond donors (Lipinski definition) is 2. The fourth-order valence-electron chi connectivity index (χ4n) is 2.13. The molecule has 0 aromatic heterocycles. The molecule has 1 aliphatic rings. The summed E-state index contributed by atoms with van der Waals surface area (Å²) in [4.78, 5) is 1.95. The first-order chi connectivity index (χ1) is 9.41. The number of rotatable bonds is 3. The maximum Gasteiger partial charge on any atom is 0.170 e. The number of nitrogens with zero attached hydrogens (tertiary/aromatic N) is 2. The number of amidine groups is 1. The van der Waals surface area contributed by atoms with Crippen molar-refractivity contribution in [3.63, 3.8) is 0 Å². The number of nitrogens with two attached hydrogens (primary N) is 1. The normalized spacial score (nSPS) is 19.9. The molecule has 1 aliphatic heterocycles. The fourth-order valence-corrected chi connectivity index (χ4v) is 3.40. The molecule has 0 radical (unpaired) electrons. The van der Waals surface area contributed by atoms with Crippen LogP contribution in [0.1, 0.15) is 11.1 Å². The molecule has 3 N–H and O–H groups in total. The highest BCUT2D eigenvalue weighted by Gasteiger charge is 2.22. The lowest BCUT2D eigenvalue weighted by atomic mass is 10.1. The number of oxime groups is 1. The highest BCUT2D eigenvalue weighted by molar-refractivity contribution is 7.91. The third kappa shape index (κ3) is 3.45. The van der Waals surface area contributed by atoms with Crippen molar-refractivity contribution in [3.8, 4) is 0 Å². The second-order valence-electron chi connectivity index (χ2n) is 4.71. The summed E-state index contributed by atoms with van der Waals surface area (Å²) >= 11 is 0. The lowest BCUT2D eigenvalue weighted by Crippen LogP contribution is -2.40. The van der Waals surface area contributed by atoms with E-state index in [4.69, 9.17) is 10.9 Å². The largest absolute Gasteiger partial charge is 0.409 e. The summed E-state index contributed by atoms with van der Waals surface area (Å²) in [7, 11) is -2.94. The van der Waals surface area contributed by atoms with Gasteiger partial charge in [-0.25, -0.2) is 12.8 Å². The molecule has 0 amide bonds. The SMILES string of the molecule is NC(=NO)c1cc(F)ccc1CN1CCS(=O)(=O)CC1. The Labute approximate surface area is 116 Å². The number of sulfone groups is 1. The van der Waals surface area contributed by atoms with Crippen molar-refractivity contribution in [2.45, 2.75) is 6.54 Å². The van der Waals surface area contributed by atoms with Crippen LogP contribution in [-0.2, 0) is 16.4 Å². The van der Waals surface area contributed by atoms with E-state index < -0.39 is 15.7 Å². The third-order valence-corrected chi connectivity index (χ3v) is 4.90. The average molecular weight is 301 g/mol. The van der Waals surface area contributed by atoms with Gasteiger partial charge in [-0.05, 0) is 17.7 Å². The van der Waals surface area contributed by atoms with Crippen LogP contribution in [0.3, 0.4) is 0 Å². The van der Waals surface area contributed by atoms with E-state index in [-0.39, 0.29) is 17.3 Å². The van der Waals surface area contributed by atoms with Crippen molar-refractivity contribution in [2.24, 2.45) is 10.9 Å². The van der Waals surface area contributed by atoms with Gasteiger partial charge in [0.05, 0.1) is 11.5 Å². The summed E-state index contributed by atoms with van der Waals surface area (Å²) in [5.74, 6) is -0.402. The van der Waals surface area contributed by atoms with Gasteiger partial charge in [-0.3, -0.25) is 4.90 Å². The van der Waals surface area contributed by atoms with Gasteiger partial charge < -0.3 is 10.9 Å². The molecule has 0 saturated carbocycles. The van der Waals surface area contributed by atoms with Gasteiger partial charge >= 0.3 is 0 Å². The minimum Gasteiger partial charge on any atom is -0.409 e. The first kappa shape index (κ1) is 14.7. The van der Waals surface area contributed by atoms with E-state index in [1.165, 1.54) is 12.1 Å². The lowest BCUT2D eigenvalue weighted by Gasteiger charge is -2.27. The van der Waals surface area contributed by atoms with Gasteiger partial charge in [0.25, 0.3) is 0 Å². The first-order valence-corrected chi connectivity index (χ1v) is 7.92. The number of halogens is 1. The molecule has 0 atom stereocenters. The molecular weight excluding hydrogens is 285 g/mol. The van der Waals surface area contributed by atoms with Gasteiger partial charge in [-0.2, -0.15) is 0 Å². The summed E-state index contributed by atoms with van der Waals surface area (Å²) in [5, 5.41) is 11.6. The van der Waals surface area contributed by atoms with Crippen LogP contribution < -0.4 is 5.73 Å². The van der Waals surface area contributed by atoms with Crippen molar-refractivity contribution >= 4 is 15.7 Å². The zero-order chi connectivity index (χ0) is 14.8. The second-order valence-corrected chi connectivity index (χ2v) is 7.02. The Morgan fingerprint density at radius 3 is 2.65 bits per heavy atom. The first-order valence-electron chi connectivity index (χ1n) is 6.10. The van der Waals surface area contributed by atoms with E-state index in [1.54, 1.807) is 6.07 Å². The lowest BCUT2D eigenvalue weighted by molar-refractivity contribution is 0.287. The van der Waals surface area contributed by atoms with Gasteiger partial charge in [0, 0.05) is 25.2 Å². The highest BCUT2D eigenvalue weighted by Crippen LogP contribution is 2.15. The quantitative estimate of drug-likeness (QED) is 0.358. The van der Waals surface area contributed by atoms with E-state index in [0.717, 1.165) is 0 Å². The Kier molecular flexibility index (Phi) is 4.24. The molecule has 1 saturated heterocycles. The minimum atomic E-state index is -2.94. The van der Waals surface area contributed by atoms with Crippen LogP contribution in [0.2, 0.25) is 0 Å². The minimum absolute atomic E-state index is 0.118. The average Bonchev–Trinajstić information content (AvgIpc) is 2.42. The predicted molar refractivity (Wildman–Crippen MR) is 72.8 cm³/mol. The zero-order valence-corrected chi connectivity index (χ0v) is 11.6. The van der Waals surface area contributed by atoms with Crippen LogP contribution in [0.15, 0.2) is 23.4 Å². The van der Waals surface area contributed by atoms with Crippen molar-refractivity contribution in [1.82, 2.24) is 4.90 Å². The molecule has 20 heavy (non-hydrogen) atoms. The molecule has 1 heterocycles. The molecule has 2 rings (SSSR count). The number of hydrogen-bond acceptors (Lipinski definition) is 5. The summed E-state index contributed by atoms with van der Waals surface area (Å²) in [5.41, 5.74) is 6.55. The van der Waals surface area contributed by atoms with Gasteiger partial charge in [-0.1, -0.05) is 11.2 Å². The summed E-state index contributed by atoms with van der Waals surface area (Å²) in [6, 6.07) is 4.06. The monoisotopic (exact) mass is 301 g/mol. The van der Waals surface area contributed by atoms with Crippen LogP contribution in [0, 0.1) is 5.82 Å². The molecule has 1 aromatic rings. The van der Waals surface area contributed by atoms with E-state index in [2.05, 4.69) is 5.16 Å². The standard InChI is InChI=1S/C12H16FN3O3S/c13-10-2-1-9(11(7-10)12(14)15-17)8-16-3-5-20(18,19)6-4-16/h1-2,7,17H,3-6,8H2,(H2,14,15). The Morgan fingerprint density at radius 2 is 2.05 bits per heavy atom. The summed E-state index contributed by atoms with van der Waals surface area (Å²) in [6.45, 7) is 1.28. The fraction of sp³-hybridized carbons (Fsp3) is 0.417. The smallest absolute Gasteiger partial charge is 0.170 e. The topological polar surface area (TPSA) is 96.0 Å². The molecule has 110 valence electrons. The summed E-state index contributed by atoms with van der Waals surface area (Å²) < 4.78 is 36.0. The highest BCUT2D eigenvalue weighted by atomic mass is 32.2. The van der Waals surface area contributed by atoms with Crippen LogP contribution in [0.4, 0.5) is 4.39 Å². The van der Waals surface area contributed by atoms with Gasteiger partial charge in [0.15, 0.2) is 15.7 Å². The second kappa shape index (κ2) is 5.76. The molecule has 1 fully saturated rings. The number of benzene rings is 1. The van der Waals surface area contributed by atoms with Crippen LogP contribution in [-0.4, -0.2) is 49.0 Å². The molecule has 8 heteroatoms. The Hall–Kier alpha value is -1.67. The molecule has 0 spiro atoms. The van der Waals surface area contributed by atoms with E-state index >= 15 is 0 Å². The maximum atomic E-state index is 13.2. The van der Waals surface area contributed by atoms with Gasteiger partial charge in [0.2, 0.25) is 0 Å². The van der Waals surface area contributed by atoms with Crippen LogP contribution in [0.5, 0.6) is 0 Å². The summed E-state index contributed by atoms with van der Waals surface area (Å²) in [6.07, 6.45) is 0. The van der Waals surface area contributed by atoms with Crippen molar-refractivity contribution in [1.29, 1.82) is 0 Å². The van der Waals surface area contributed by atoms with Gasteiger partial charge in [-0.15, -0.1) is 0 Å². The molecule has 0 bridgehead atoms. The predicted octanol–water partition coefficient (Wildman–Crippen LogP) is 0.151. The Balaban J connectivity index is 2.18. The zero-order valence-electron chi connectivity index (χ0n) is 10.8. The van der Waals surface area contributed by atoms with E-state index in [9.17, 15) is 12.8 Å². The van der Waals surface area contributed by atoms with Crippen LogP contribution >= 0.6 is 0 Å². The molecule has 6 nitrogen and oxygen atoms in total. The van der Waals surface area contributed by atoms with Crippen molar-refractivity contribution < 1.29 is 18.0 Å². The Bertz CT molecular complexity index is 617. The van der Waals surface area contributed by atoms with E-state index in [1.807, 2.05) is 4.90 Å². The van der Waals surface area contributed by atoms with Gasteiger partial charge in [0.1, 0.15) is 5.82 Å². The maximum absolute atomic E-state index is 13.2. The molecule has 1 aromatic carbocycles. The van der Waals surface area contributed by atoms with Crippen molar-refractivity contribution in [3.05, 3.63) is 35.1 Å². The molecular formula is C12H16FN3O3S.